The number of rotatable bonds is 2. The molecule has 1 aliphatic carbocycles. The Labute approximate surface area is 182 Å². The van der Waals surface area contributed by atoms with Crippen LogP contribution in [-0.2, 0) is 14.3 Å². The highest BCUT2D eigenvalue weighted by atomic mass is 19.1. The number of benzene rings is 1. The van der Waals surface area contributed by atoms with Crippen LogP contribution in [0.25, 0.3) is 0 Å². The van der Waals surface area contributed by atoms with Crippen LogP contribution in [0.3, 0.4) is 0 Å². The van der Waals surface area contributed by atoms with Crippen LogP contribution in [0, 0.1) is 11.7 Å². The van der Waals surface area contributed by atoms with Gasteiger partial charge in [-0.15, -0.1) is 0 Å². The second-order valence-corrected chi connectivity index (χ2v) is 8.96. The van der Waals surface area contributed by atoms with Gasteiger partial charge in [-0.05, 0) is 37.3 Å². The van der Waals surface area contributed by atoms with Crippen LogP contribution in [0.5, 0.6) is 0 Å². The molecule has 2 heterocycles. The summed E-state index contributed by atoms with van der Waals surface area (Å²) in [5, 5.41) is 0. The Morgan fingerprint density at radius 3 is 2.42 bits per heavy atom. The molecular formula is C23H30FN3O4. The lowest BCUT2D eigenvalue weighted by atomic mass is 9.83. The van der Waals surface area contributed by atoms with Crippen molar-refractivity contribution >= 4 is 17.7 Å². The van der Waals surface area contributed by atoms with Crippen LogP contribution in [0.15, 0.2) is 24.3 Å². The first-order chi connectivity index (χ1) is 14.8. The predicted molar refractivity (Wildman–Crippen MR) is 112 cm³/mol. The molecule has 3 atom stereocenters. The van der Waals surface area contributed by atoms with Gasteiger partial charge in [-0.1, -0.05) is 25.5 Å². The monoisotopic (exact) mass is 431 g/mol. The fourth-order valence-corrected chi connectivity index (χ4v) is 5.21. The highest BCUT2D eigenvalue weighted by Crippen LogP contribution is 2.43. The molecule has 7 nitrogen and oxygen atoms in total. The summed E-state index contributed by atoms with van der Waals surface area (Å²) in [5.74, 6) is -0.950. The van der Waals surface area contributed by atoms with Gasteiger partial charge >= 0.3 is 0 Å². The van der Waals surface area contributed by atoms with E-state index in [9.17, 15) is 18.8 Å². The summed E-state index contributed by atoms with van der Waals surface area (Å²) in [6, 6.07) is 5.10. The molecule has 2 saturated heterocycles. The lowest BCUT2D eigenvalue weighted by Gasteiger charge is -2.44. The second kappa shape index (κ2) is 8.57. The fourth-order valence-electron chi connectivity index (χ4n) is 5.21. The van der Waals surface area contributed by atoms with Gasteiger partial charge in [-0.3, -0.25) is 19.3 Å². The normalized spacial score (nSPS) is 28.8. The van der Waals surface area contributed by atoms with E-state index in [1.165, 1.54) is 24.0 Å². The number of piperazine rings is 1. The van der Waals surface area contributed by atoms with E-state index in [1.54, 1.807) is 21.9 Å². The molecule has 8 heteroatoms. The molecule has 4 rings (SSSR count). The van der Waals surface area contributed by atoms with Crippen molar-refractivity contribution in [3.63, 3.8) is 0 Å². The summed E-state index contributed by atoms with van der Waals surface area (Å²) < 4.78 is 20.7. The molecule has 3 amide bonds. The zero-order valence-electron chi connectivity index (χ0n) is 18.2. The maximum atomic E-state index is 14.5. The Morgan fingerprint density at radius 2 is 1.77 bits per heavy atom. The van der Waals surface area contributed by atoms with Gasteiger partial charge in [0.25, 0.3) is 5.91 Å². The van der Waals surface area contributed by atoms with Crippen LogP contribution in [0.1, 0.15) is 49.9 Å². The number of hydrogen-bond donors (Lipinski definition) is 0. The number of carbonyl (C=O) groups excluding carboxylic acids is 3. The van der Waals surface area contributed by atoms with Crippen LogP contribution < -0.4 is 0 Å². The van der Waals surface area contributed by atoms with Gasteiger partial charge < -0.3 is 14.5 Å². The van der Waals surface area contributed by atoms with E-state index in [0.717, 1.165) is 12.8 Å². The third-order valence-corrected chi connectivity index (χ3v) is 6.84. The quantitative estimate of drug-likeness (QED) is 0.720. The molecule has 1 aromatic rings. The summed E-state index contributed by atoms with van der Waals surface area (Å²) in [7, 11) is 0. The maximum absolute atomic E-state index is 14.5. The summed E-state index contributed by atoms with van der Waals surface area (Å²) in [5.41, 5.74) is -0.914. The number of halogens is 1. The van der Waals surface area contributed by atoms with Crippen molar-refractivity contribution < 1.29 is 23.5 Å². The van der Waals surface area contributed by atoms with E-state index in [4.69, 9.17) is 4.74 Å². The van der Waals surface area contributed by atoms with Gasteiger partial charge in [-0.2, -0.15) is 0 Å². The zero-order valence-corrected chi connectivity index (χ0v) is 18.2. The Kier molecular flexibility index (Phi) is 6.01. The van der Waals surface area contributed by atoms with E-state index in [-0.39, 0.29) is 24.0 Å². The standard InChI is InChI=1S/C23H30FN3O4/c1-16-6-5-9-23(14-16)27(21(29)18-7-3-4-8-19(18)24)20(15-31-23)22(30)26-12-10-25(11-13-26)17(2)28/h3-4,7-8,16,20H,5-6,9-15H2,1-2H3/t16-,20-,23-/m0/s1. The summed E-state index contributed by atoms with van der Waals surface area (Å²) in [4.78, 5) is 43.6. The number of carbonyl (C=O) groups is 3. The first-order valence-electron chi connectivity index (χ1n) is 11.1. The summed E-state index contributed by atoms with van der Waals surface area (Å²) >= 11 is 0. The number of amides is 3. The molecule has 1 saturated carbocycles. The second-order valence-electron chi connectivity index (χ2n) is 8.96. The number of hydrogen-bond acceptors (Lipinski definition) is 4. The summed E-state index contributed by atoms with van der Waals surface area (Å²) in [6.07, 6.45) is 3.20. The smallest absolute Gasteiger partial charge is 0.259 e. The third-order valence-electron chi connectivity index (χ3n) is 6.84. The highest BCUT2D eigenvalue weighted by Gasteiger charge is 2.55. The van der Waals surface area contributed by atoms with Gasteiger partial charge in [-0.25, -0.2) is 4.39 Å². The molecule has 3 aliphatic rings. The van der Waals surface area contributed by atoms with Gasteiger partial charge in [0.1, 0.15) is 17.6 Å². The molecule has 2 aliphatic heterocycles. The first-order valence-corrected chi connectivity index (χ1v) is 11.1. The molecule has 3 fully saturated rings. The Balaban J connectivity index is 1.62. The Hall–Kier alpha value is -2.48. The third kappa shape index (κ3) is 4.05. The molecule has 0 N–H and O–H groups in total. The van der Waals surface area contributed by atoms with Crippen molar-refractivity contribution in [2.75, 3.05) is 32.8 Å². The predicted octanol–water partition coefficient (Wildman–Crippen LogP) is 2.26. The lowest BCUT2D eigenvalue weighted by Crippen LogP contribution is -2.60. The summed E-state index contributed by atoms with van der Waals surface area (Å²) in [6.45, 7) is 5.52. The van der Waals surface area contributed by atoms with Crippen molar-refractivity contribution in [3.8, 4) is 0 Å². The Bertz CT molecular complexity index is 870. The van der Waals surface area contributed by atoms with Crippen LogP contribution in [0.2, 0.25) is 0 Å². The Morgan fingerprint density at radius 1 is 1.10 bits per heavy atom. The largest absolute Gasteiger partial charge is 0.353 e. The van der Waals surface area contributed by atoms with Crippen molar-refractivity contribution in [2.24, 2.45) is 5.92 Å². The number of ether oxygens (including phenoxy) is 1. The molecule has 0 radical (unpaired) electrons. The number of nitrogens with zero attached hydrogens (tertiary/aromatic N) is 3. The van der Waals surface area contributed by atoms with Crippen LogP contribution >= 0.6 is 0 Å². The minimum atomic E-state index is -0.876. The highest BCUT2D eigenvalue weighted by molar-refractivity contribution is 5.98. The molecule has 0 bridgehead atoms. The minimum Gasteiger partial charge on any atom is -0.353 e. The zero-order chi connectivity index (χ0) is 22.2. The van der Waals surface area contributed by atoms with Gasteiger partial charge in [0.2, 0.25) is 11.8 Å². The molecule has 0 unspecified atom stereocenters. The van der Waals surface area contributed by atoms with E-state index in [0.29, 0.717) is 44.9 Å². The van der Waals surface area contributed by atoms with Crippen LogP contribution in [0.4, 0.5) is 4.39 Å². The van der Waals surface area contributed by atoms with Crippen LogP contribution in [-0.4, -0.2) is 77.0 Å². The molecule has 31 heavy (non-hydrogen) atoms. The van der Waals surface area contributed by atoms with E-state index >= 15 is 0 Å². The van der Waals surface area contributed by atoms with Crippen molar-refractivity contribution in [1.29, 1.82) is 0 Å². The lowest BCUT2D eigenvalue weighted by molar-refractivity contribution is -0.142. The topological polar surface area (TPSA) is 70.2 Å². The average molecular weight is 432 g/mol. The average Bonchev–Trinajstić information content (AvgIpc) is 3.11. The molecular weight excluding hydrogens is 401 g/mol. The van der Waals surface area contributed by atoms with Crippen molar-refractivity contribution in [2.45, 2.75) is 51.3 Å². The van der Waals surface area contributed by atoms with E-state index < -0.39 is 23.5 Å². The minimum absolute atomic E-state index is 0.0113. The molecule has 168 valence electrons. The van der Waals surface area contributed by atoms with E-state index in [1.807, 2.05) is 0 Å². The van der Waals surface area contributed by atoms with Gasteiger partial charge in [0, 0.05) is 33.1 Å². The SMILES string of the molecule is CC(=O)N1CCN(C(=O)[C@@H]2CO[C@]3(CCC[C@H](C)C3)N2C(=O)c2ccccc2F)CC1. The van der Waals surface area contributed by atoms with Gasteiger partial charge in [0.05, 0.1) is 12.2 Å². The molecule has 0 aromatic heterocycles. The van der Waals surface area contributed by atoms with E-state index in [2.05, 4.69) is 6.92 Å². The molecule has 1 aromatic carbocycles. The van der Waals surface area contributed by atoms with Gasteiger partial charge in [0.15, 0.2) is 0 Å². The fraction of sp³-hybridized carbons (Fsp3) is 0.609. The maximum Gasteiger partial charge on any atom is 0.259 e. The van der Waals surface area contributed by atoms with Crippen molar-refractivity contribution in [1.82, 2.24) is 14.7 Å². The first kappa shape index (κ1) is 21.7. The molecule has 1 spiro atoms. The van der Waals surface area contributed by atoms with Crippen molar-refractivity contribution in [3.05, 3.63) is 35.6 Å².